The van der Waals surface area contributed by atoms with E-state index < -0.39 is 12.1 Å². The second-order valence-corrected chi connectivity index (χ2v) is 10.0. The van der Waals surface area contributed by atoms with Gasteiger partial charge in [0.2, 0.25) is 0 Å². The SMILES string of the molecule is C=C[C@H]1CN2CC[C@H]1C[C@H]2[C@H](OC(=O)c1ccc2ccccc2c1O)c1ccnc2ccc(OC)cc12. The van der Waals surface area contributed by atoms with Crippen molar-refractivity contribution in [1.29, 1.82) is 0 Å². The minimum absolute atomic E-state index is 0.0123. The summed E-state index contributed by atoms with van der Waals surface area (Å²) in [7, 11) is 1.64. The van der Waals surface area contributed by atoms with Gasteiger partial charge in [-0.05, 0) is 66.9 Å². The molecule has 0 spiro atoms. The van der Waals surface area contributed by atoms with Crippen molar-refractivity contribution in [2.45, 2.75) is 25.0 Å². The topological polar surface area (TPSA) is 71.9 Å². The van der Waals surface area contributed by atoms with Crippen LogP contribution in [0.5, 0.6) is 11.5 Å². The third-order valence-corrected chi connectivity index (χ3v) is 8.15. The van der Waals surface area contributed by atoms with E-state index in [0.29, 0.717) is 17.2 Å². The molecule has 6 nitrogen and oxygen atoms in total. The quantitative estimate of drug-likeness (QED) is 0.266. The van der Waals surface area contributed by atoms with Gasteiger partial charge in [-0.2, -0.15) is 0 Å². The Kier molecular flexibility index (Phi) is 6.05. The van der Waals surface area contributed by atoms with Gasteiger partial charge in [-0.3, -0.25) is 9.88 Å². The standard InChI is InChI=1S/C31H30N2O4/c1-3-19-18-33-15-13-21(19)16-28(33)30(24-12-14-32-27-11-9-22(36-2)17-26(24)27)37-31(35)25-10-8-20-6-4-5-7-23(20)29(25)34/h3-12,14,17,19,21,28,30,34H,1,13,15-16,18H2,2H3/t19-,21-,28-,30+/m0/s1. The van der Waals surface area contributed by atoms with Gasteiger partial charge in [0, 0.05) is 29.1 Å². The van der Waals surface area contributed by atoms with E-state index >= 15 is 0 Å². The van der Waals surface area contributed by atoms with E-state index in [-0.39, 0.29) is 17.4 Å². The molecule has 6 heteroatoms. The van der Waals surface area contributed by atoms with Crippen LogP contribution in [0.4, 0.5) is 0 Å². The molecule has 4 heterocycles. The highest BCUT2D eigenvalue weighted by atomic mass is 16.5. The normalized spacial score (nSPS) is 23.6. The van der Waals surface area contributed by atoms with Gasteiger partial charge in [-0.1, -0.05) is 36.4 Å². The van der Waals surface area contributed by atoms with Crippen LogP contribution in [0.15, 0.2) is 79.5 Å². The Bertz CT molecular complexity index is 1500. The average Bonchev–Trinajstić information content (AvgIpc) is 2.95. The Morgan fingerprint density at radius 1 is 1.16 bits per heavy atom. The molecule has 3 aromatic carbocycles. The number of phenols is 1. The summed E-state index contributed by atoms with van der Waals surface area (Å²) in [6.07, 6.45) is 5.32. The molecule has 3 aliphatic rings. The molecule has 7 rings (SSSR count). The van der Waals surface area contributed by atoms with Crippen molar-refractivity contribution in [3.8, 4) is 11.5 Å². The molecule has 0 saturated carbocycles. The molecule has 4 aromatic rings. The molecule has 1 unspecified atom stereocenters. The summed E-state index contributed by atoms with van der Waals surface area (Å²) in [5.41, 5.74) is 1.87. The zero-order valence-electron chi connectivity index (χ0n) is 20.8. The van der Waals surface area contributed by atoms with Crippen molar-refractivity contribution < 1.29 is 19.4 Å². The zero-order chi connectivity index (χ0) is 25.5. The second kappa shape index (κ2) is 9.52. The van der Waals surface area contributed by atoms with Crippen molar-refractivity contribution in [3.05, 3.63) is 90.6 Å². The molecule has 0 aliphatic carbocycles. The highest BCUT2D eigenvalue weighted by Crippen LogP contribution is 2.44. The predicted octanol–water partition coefficient (Wildman–Crippen LogP) is 5.90. The highest BCUT2D eigenvalue weighted by Gasteiger charge is 2.44. The maximum Gasteiger partial charge on any atom is 0.342 e. The maximum atomic E-state index is 13.7. The van der Waals surface area contributed by atoms with E-state index in [1.54, 1.807) is 19.4 Å². The molecule has 0 amide bonds. The van der Waals surface area contributed by atoms with Gasteiger partial charge in [0.25, 0.3) is 0 Å². The lowest BCUT2D eigenvalue weighted by atomic mass is 9.73. The third kappa shape index (κ3) is 4.11. The maximum absolute atomic E-state index is 13.7. The number of methoxy groups -OCH3 is 1. The Hall–Kier alpha value is -3.90. The molecule has 2 bridgehead atoms. The number of rotatable bonds is 6. The molecule has 3 fully saturated rings. The van der Waals surface area contributed by atoms with Gasteiger partial charge in [-0.15, -0.1) is 6.58 Å². The molecular formula is C31H30N2O4. The van der Waals surface area contributed by atoms with E-state index in [2.05, 4.69) is 22.5 Å². The van der Waals surface area contributed by atoms with Crippen molar-refractivity contribution in [2.75, 3.05) is 20.2 Å². The van der Waals surface area contributed by atoms with Crippen LogP contribution < -0.4 is 4.74 Å². The largest absolute Gasteiger partial charge is 0.506 e. The molecule has 0 radical (unpaired) electrons. The van der Waals surface area contributed by atoms with Gasteiger partial charge in [0.15, 0.2) is 0 Å². The van der Waals surface area contributed by atoms with Crippen LogP contribution in [0, 0.1) is 11.8 Å². The summed E-state index contributed by atoms with van der Waals surface area (Å²) in [4.78, 5) is 20.6. The van der Waals surface area contributed by atoms with Gasteiger partial charge in [0.1, 0.15) is 23.2 Å². The summed E-state index contributed by atoms with van der Waals surface area (Å²) >= 11 is 0. The van der Waals surface area contributed by atoms with Crippen LogP contribution in [0.2, 0.25) is 0 Å². The molecule has 5 atom stereocenters. The zero-order valence-corrected chi connectivity index (χ0v) is 20.8. The molecular weight excluding hydrogens is 464 g/mol. The predicted molar refractivity (Wildman–Crippen MR) is 144 cm³/mol. The van der Waals surface area contributed by atoms with Gasteiger partial charge >= 0.3 is 5.97 Å². The van der Waals surface area contributed by atoms with Crippen LogP contribution in [0.1, 0.15) is 34.9 Å². The first-order valence-corrected chi connectivity index (χ1v) is 12.8. The number of ether oxygens (including phenoxy) is 2. The van der Waals surface area contributed by atoms with Gasteiger partial charge in [-0.25, -0.2) is 4.79 Å². The fourth-order valence-corrected chi connectivity index (χ4v) is 6.16. The number of hydrogen-bond donors (Lipinski definition) is 1. The van der Waals surface area contributed by atoms with E-state index in [4.69, 9.17) is 9.47 Å². The number of piperidine rings is 3. The number of esters is 1. The molecule has 1 aromatic heterocycles. The fraction of sp³-hybridized carbons (Fsp3) is 0.290. The van der Waals surface area contributed by atoms with Crippen LogP contribution in [-0.2, 0) is 4.74 Å². The smallest absolute Gasteiger partial charge is 0.342 e. The van der Waals surface area contributed by atoms with E-state index in [0.717, 1.165) is 53.5 Å². The number of aromatic hydroxyl groups is 1. The lowest BCUT2D eigenvalue weighted by molar-refractivity contribution is -0.0568. The first-order chi connectivity index (χ1) is 18.1. The van der Waals surface area contributed by atoms with Crippen LogP contribution in [0.25, 0.3) is 21.7 Å². The number of pyridine rings is 1. The molecule has 3 aliphatic heterocycles. The molecule has 1 N–H and O–H groups in total. The third-order valence-electron chi connectivity index (χ3n) is 8.15. The number of hydrogen-bond acceptors (Lipinski definition) is 6. The minimum atomic E-state index is -0.538. The van der Waals surface area contributed by atoms with Gasteiger partial charge in [0.05, 0.1) is 18.7 Å². The Morgan fingerprint density at radius 2 is 2.03 bits per heavy atom. The van der Waals surface area contributed by atoms with Crippen molar-refractivity contribution in [1.82, 2.24) is 9.88 Å². The number of phenolic OH excluding ortho intramolecular Hbond substituents is 1. The number of carbonyl (C=O) groups excluding carboxylic acids is 1. The summed E-state index contributed by atoms with van der Waals surface area (Å²) in [5.74, 6) is 1.08. The van der Waals surface area contributed by atoms with Crippen molar-refractivity contribution in [3.63, 3.8) is 0 Å². The number of fused-ring (bicyclic) bond motifs is 5. The molecule has 188 valence electrons. The molecule has 37 heavy (non-hydrogen) atoms. The summed E-state index contributed by atoms with van der Waals surface area (Å²) in [6.45, 7) is 5.91. The average molecular weight is 495 g/mol. The van der Waals surface area contributed by atoms with E-state index in [1.165, 1.54) is 0 Å². The summed E-state index contributed by atoms with van der Waals surface area (Å²) in [5, 5.41) is 13.4. The minimum Gasteiger partial charge on any atom is -0.506 e. The Balaban J connectivity index is 1.43. The lowest BCUT2D eigenvalue weighted by Crippen LogP contribution is -2.55. The van der Waals surface area contributed by atoms with Crippen molar-refractivity contribution >= 4 is 27.6 Å². The molecule has 3 saturated heterocycles. The Morgan fingerprint density at radius 3 is 2.81 bits per heavy atom. The second-order valence-electron chi connectivity index (χ2n) is 10.0. The number of aromatic nitrogens is 1. The lowest BCUT2D eigenvalue weighted by Gasteiger charge is -2.51. The number of nitrogens with zero attached hydrogens (tertiary/aromatic N) is 2. The van der Waals surface area contributed by atoms with E-state index in [1.807, 2.05) is 54.6 Å². The van der Waals surface area contributed by atoms with Crippen LogP contribution in [0.3, 0.4) is 0 Å². The summed E-state index contributed by atoms with van der Waals surface area (Å²) < 4.78 is 11.9. The van der Waals surface area contributed by atoms with E-state index in [9.17, 15) is 9.90 Å². The van der Waals surface area contributed by atoms with Crippen LogP contribution in [-0.4, -0.2) is 47.2 Å². The first kappa shape index (κ1) is 23.5. The van der Waals surface area contributed by atoms with Crippen molar-refractivity contribution in [2.24, 2.45) is 11.8 Å². The fourth-order valence-electron chi connectivity index (χ4n) is 6.16. The van der Waals surface area contributed by atoms with Crippen LogP contribution >= 0.6 is 0 Å². The monoisotopic (exact) mass is 494 g/mol. The highest BCUT2D eigenvalue weighted by molar-refractivity contribution is 6.01. The summed E-state index contributed by atoms with van der Waals surface area (Å²) in [6, 6.07) is 18.7. The number of carbonyl (C=O) groups is 1. The Labute approximate surface area is 216 Å². The van der Waals surface area contributed by atoms with Gasteiger partial charge < -0.3 is 14.6 Å². The first-order valence-electron chi connectivity index (χ1n) is 12.8. The number of benzene rings is 3.